The van der Waals surface area contributed by atoms with Crippen molar-refractivity contribution in [2.45, 2.75) is 39.8 Å². The molecule has 0 bridgehead atoms. The number of hydrogen-bond acceptors (Lipinski definition) is 3. The van der Waals surface area contributed by atoms with Gasteiger partial charge in [-0.3, -0.25) is 9.58 Å². The molecule has 0 aromatic carbocycles. The van der Waals surface area contributed by atoms with Gasteiger partial charge in [-0.25, -0.2) is 0 Å². The summed E-state index contributed by atoms with van der Waals surface area (Å²) in [5.41, 5.74) is 2.22. The lowest BCUT2D eigenvalue weighted by atomic mass is 10.1. The van der Waals surface area contributed by atoms with Gasteiger partial charge >= 0.3 is 0 Å². The molecule has 4 nitrogen and oxygen atoms in total. The van der Waals surface area contributed by atoms with Gasteiger partial charge in [0.25, 0.3) is 0 Å². The lowest BCUT2D eigenvalue weighted by Gasteiger charge is -2.17. The average Bonchev–Trinajstić information content (AvgIpc) is 2.97. The molecule has 1 atom stereocenters. The van der Waals surface area contributed by atoms with Crippen molar-refractivity contribution in [1.29, 1.82) is 0 Å². The van der Waals surface area contributed by atoms with E-state index in [9.17, 15) is 0 Å². The second kappa shape index (κ2) is 6.73. The number of hydrogen-bond donors (Lipinski definition) is 1. The lowest BCUT2D eigenvalue weighted by molar-refractivity contribution is 0.304. The molecule has 0 aliphatic carbocycles. The van der Waals surface area contributed by atoms with Crippen LogP contribution in [-0.4, -0.2) is 41.4 Å². The zero-order valence-corrected chi connectivity index (χ0v) is 13.0. The van der Waals surface area contributed by atoms with Crippen molar-refractivity contribution in [2.75, 3.05) is 26.7 Å². The Hall–Kier alpha value is -0.580. The molecular formula is C14H25ClN4. The van der Waals surface area contributed by atoms with Crippen molar-refractivity contribution in [3.63, 3.8) is 0 Å². The normalized spacial score (nSPS) is 20.3. The maximum Gasteiger partial charge on any atom is 0.0863 e. The van der Waals surface area contributed by atoms with E-state index in [1.54, 1.807) is 0 Å². The van der Waals surface area contributed by atoms with Crippen LogP contribution >= 0.6 is 11.6 Å². The van der Waals surface area contributed by atoms with Gasteiger partial charge in [-0.05, 0) is 45.8 Å². The lowest BCUT2D eigenvalue weighted by Crippen LogP contribution is -2.25. The zero-order valence-electron chi connectivity index (χ0n) is 12.2. The van der Waals surface area contributed by atoms with Crippen molar-refractivity contribution in [2.24, 2.45) is 5.92 Å². The van der Waals surface area contributed by atoms with Gasteiger partial charge in [-0.2, -0.15) is 5.10 Å². The van der Waals surface area contributed by atoms with Crippen molar-refractivity contribution in [1.82, 2.24) is 20.0 Å². The van der Waals surface area contributed by atoms with E-state index < -0.39 is 0 Å². The molecule has 0 radical (unpaired) electrons. The largest absolute Gasteiger partial charge is 0.319 e. The van der Waals surface area contributed by atoms with Gasteiger partial charge in [0, 0.05) is 19.6 Å². The summed E-state index contributed by atoms with van der Waals surface area (Å²) in [6, 6.07) is 0. The molecule has 108 valence electrons. The highest BCUT2D eigenvalue weighted by molar-refractivity contribution is 6.31. The Morgan fingerprint density at radius 1 is 1.42 bits per heavy atom. The Kier molecular flexibility index (Phi) is 5.25. The third-order valence-corrected chi connectivity index (χ3v) is 4.37. The van der Waals surface area contributed by atoms with Crippen LogP contribution in [0.25, 0.3) is 0 Å². The van der Waals surface area contributed by atoms with E-state index in [1.807, 2.05) is 7.05 Å². The van der Waals surface area contributed by atoms with E-state index in [0.717, 1.165) is 49.2 Å². The van der Waals surface area contributed by atoms with Crippen molar-refractivity contribution in [3.8, 4) is 0 Å². The number of likely N-dealkylation sites (tertiary alicyclic amines) is 1. The standard InChI is InChI=1S/C14H25ClN4/c1-4-12-14(15)13(19(5-2)17-12)10-18-7-6-11(9-18)8-16-3/h11,16H,4-10H2,1-3H3. The first kappa shape index (κ1) is 14.8. The quantitative estimate of drug-likeness (QED) is 0.869. The van der Waals surface area contributed by atoms with E-state index in [1.165, 1.54) is 18.7 Å². The summed E-state index contributed by atoms with van der Waals surface area (Å²) in [5.74, 6) is 0.771. The minimum Gasteiger partial charge on any atom is -0.319 e. The molecule has 1 aromatic rings. The Balaban J connectivity index is 2.05. The topological polar surface area (TPSA) is 33.1 Å². The Morgan fingerprint density at radius 3 is 2.84 bits per heavy atom. The predicted octanol–water partition coefficient (Wildman–Crippen LogP) is 2.16. The van der Waals surface area contributed by atoms with Crippen LogP contribution in [0.3, 0.4) is 0 Å². The number of nitrogens with one attached hydrogen (secondary N) is 1. The van der Waals surface area contributed by atoms with Crippen molar-refractivity contribution < 1.29 is 0 Å². The first-order chi connectivity index (χ1) is 9.19. The minimum atomic E-state index is 0.771. The maximum absolute atomic E-state index is 6.46. The molecule has 2 heterocycles. The monoisotopic (exact) mass is 284 g/mol. The fraction of sp³-hybridized carbons (Fsp3) is 0.786. The molecule has 5 heteroatoms. The summed E-state index contributed by atoms with van der Waals surface area (Å²) < 4.78 is 2.06. The summed E-state index contributed by atoms with van der Waals surface area (Å²) in [4.78, 5) is 2.50. The van der Waals surface area contributed by atoms with Crippen LogP contribution in [0.4, 0.5) is 0 Å². The third kappa shape index (κ3) is 3.30. The molecule has 1 aliphatic rings. The summed E-state index contributed by atoms with van der Waals surface area (Å²) in [6.07, 6.45) is 2.18. The maximum atomic E-state index is 6.46. The molecule has 2 rings (SSSR count). The predicted molar refractivity (Wildman–Crippen MR) is 79.6 cm³/mol. The Bertz CT molecular complexity index is 416. The van der Waals surface area contributed by atoms with E-state index in [-0.39, 0.29) is 0 Å². The molecular weight excluding hydrogens is 260 g/mol. The Morgan fingerprint density at radius 2 is 2.21 bits per heavy atom. The highest BCUT2D eigenvalue weighted by Gasteiger charge is 2.24. The highest BCUT2D eigenvalue weighted by Crippen LogP contribution is 2.25. The van der Waals surface area contributed by atoms with Crippen LogP contribution in [0.5, 0.6) is 0 Å². The molecule has 1 fully saturated rings. The molecule has 0 saturated carbocycles. The Labute approximate surface area is 121 Å². The van der Waals surface area contributed by atoms with Gasteiger partial charge in [-0.1, -0.05) is 18.5 Å². The van der Waals surface area contributed by atoms with Gasteiger partial charge in [-0.15, -0.1) is 0 Å². The summed E-state index contributed by atoms with van der Waals surface area (Å²) in [7, 11) is 2.03. The fourth-order valence-corrected chi connectivity index (χ4v) is 3.22. The van der Waals surface area contributed by atoms with Crippen LogP contribution in [0.15, 0.2) is 0 Å². The van der Waals surface area contributed by atoms with Crippen LogP contribution in [-0.2, 0) is 19.5 Å². The molecule has 1 unspecified atom stereocenters. The van der Waals surface area contributed by atoms with E-state index in [2.05, 4.69) is 33.8 Å². The smallest absolute Gasteiger partial charge is 0.0863 e. The van der Waals surface area contributed by atoms with Crippen LogP contribution in [0.1, 0.15) is 31.7 Å². The van der Waals surface area contributed by atoms with Crippen LogP contribution in [0.2, 0.25) is 5.02 Å². The summed E-state index contributed by atoms with van der Waals surface area (Å²) in [5, 5.41) is 8.74. The van der Waals surface area contributed by atoms with Crippen LogP contribution < -0.4 is 5.32 Å². The summed E-state index contributed by atoms with van der Waals surface area (Å²) >= 11 is 6.46. The van der Waals surface area contributed by atoms with Gasteiger partial charge in [0.15, 0.2) is 0 Å². The van der Waals surface area contributed by atoms with Gasteiger partial charge in [0.1, 0.15) is 0 Å². The second-order valence-corrected chi connectivity index (χ2v) is 5.70. The van der Waals surface area contributed by atoms with Gasteiger partial charge in [0.2, 0.25) is 0 Å². The SMILES string of the molecule is CCc1nn(CC)c(CN2CCC(CNC)C2)c1Cl. The van der Waals surface area contributed by atoms with Crippen molar-refractivity contribution in [3.05, 3.63) is 16.4 Å². The third-order valence-electron chi connectivity index (χ3n) is 3.93. The zero-order chi connectivity index (χ0) is 13.8. The molecule has 1 N–H and O–H groups in total. The fourth-order valence-electron chi connectivity index (χ4n) is 2.89. The first-order valence-electron chi connectivity index (χ1n) is 7.30. The highest BCUT2D eigenvalue weighted by atomic mass is 35.5. The van der Waals surface area contributed by atoms with Crippen LogP contribution in [0, 0.1) is 5.92 Å². The molecule has 1 aromatic heterocycles. The number of rotatable bonds is 6. The molecule has 19 heavy (non-hydrogen) atoms. The summed E-state index contributed by atoms with van der Waals surface area (Å²) in [6.45, 7) is 9.49. The molecule has 1 aliphatic heterocycles. The van der Waals surface area contributed by atoms with E-state index in [0.29, 0.717) is 0 Å². The molecule has 0 amide bonds. The average molecular weight is 285 g/mol. The number of aryl methyl sites for hydroxylation is 2. The minimum absolute atomic E-state index is 0.771. The van der Waals surface area contributed by atoms with E-state index >= 15 is 0 Å². The number of aromatic nitrogens is 2. The first-order valence-corrected chi connectivity index (χ1v) is 7.68. The number of halogens is 1. The molecule has 1 saturated heterocycles. The molecule has 0 spiro atoms. The second-order valence-electron chi connectivity index (χ2n) is 5.32. The van der Waals surface area contributed by atoms with Gasteiger partial charge in [0.05, 0.1) is 16.4 Å². The van der Waals surface area contributed by atoms with E-state index in [4.69, 9.17) is 11.6 Å². The van der Waals surface area contributed by atoms with Crippen molar-refractivity contribution >= 4 is 11.6 Å². The number of nitrogens with zero attached hydrogens (tertiary/aromatic N) is 3. The van der Waals surface area contributed by atoms with Gasteiger partial charge < -0.3 is 5.32 Å².